The molecule has 0 bridgehead atoms. The third-order valence-corrected chi connectivity index (χ3v) is 3.87. The SMILES string of the molecule is Nc1ncnn2c(-c3ccc4c(c3)CNCC4)ccc12. The Labute approximate surface area is 116 Å². The standard InChI is InChI=1S/C15H15N5/c16-15-14-4-3-13(20(14)19-9-18-15)11-2-1-10-5-6-17-8-12(10)7-11/h1-4,7,9,17H,5-6,8H2,(H2,16,18,19). The van der Waals surface area contributed by atoms with Gasteiger partial charge in [-0.2, -0.15) is 5.10 Å². The lowest BCUT2D eigenvalue weighted by Gasteiger charge is -2.17. The van der Waals surface area contributed by atoms with Crippen LogP contribution in [0.25, 0.3) is 16.8 Å². The van der Waals surface area contributed by atoms with E-state index in [9.17, 15) is 0 Å². The molecule has 0 spiro atoms. The largest absolute Gasteiger partial charge is 0.382 e. The lowest BCUT2D eigenvalue weighted by Crippen LogP contribution is -2.23. The first kappa shape index (κ1) is 11.4. The van der Waals surface area contributed by atoms with Gasteiger partial charge in [0.05, 0.1) is 5.69 Å². The van der Waals surface area contributed by atoms with Gasteiger partial charge in [-0.05, 0) is 42.3 Å². The van der Waals surface area contributed by atoms with Gasteiger partial charge in [-0.3, -0.25) is 0 Å². The van der Waals surface area contributed by atoms with Crippen molar-refractivity contribution in [2.45, 2.75) is 13.0 Å². The van der Waals surface area contributed by atoms with Crippen LogP contribution < -0.4 is 11.1 Å². The predicted molar refractivity (Wildman–Crippen MR) is 78.2 cm³/mol. The molecular formula is C15H15N5. The third kappa shape index (κ3) is 1.67. The molecule has 0 saturated carbocycles. The van der Waals surface area contributed by atoms with Gasteiger partial charge in [0.15, 0.2) is 5.82 Å². The molecule has 0 fully saturated rings. The second-order valence-electron chi connectivity index (χ2n) is 5.07. The molecule has 0 unspecified atom stereocenters. The molecule has 1 aliphatic rings. The van der Waals surface area contributed by atoms with Gasteiger partial charge in [0, 0.05) is 12.1 Å². The van der Waals surface area contributed by atoms with E-state index < -0.39 is 0 Å². The summed E-state index contributed by atoms with van der Waals surface area (Å²) in [5, 5.41) is 7.71. The third-order valence-electron chi connectivity index (χ3n) is 3.87. The van der Waals surface area contributed by atoms with Crippen LogP contribution in [0.2, 0.25) is 0 Å². The average Bonchev–Trinajstić information content (AvgIpc) is 2.92. The second kappa shape index (κ2) is 4.31. The van der Waals surface area contributed by atoms with Crippen LogP contribution in [0.1, 0.15) is 11.1 Å². The Kier molecular flexibility index (Phi) is 2.47. The Morgan fingerprint density at radius 1 is 1.15 bits per heavy atom. The molecule has 5 heteroatoms. The molecule has 2 aromatic heterocycles. The highest BCUT2D eigenvalue weighted by Gasteiger charge is 2.12. The first-order chi connectivity index (χ1) is 9.83. The summed E-state index contributed by atoms with van der Waals surface area (Å²) in [5.41, 5.74) is 11.7. The number of nitrogens with zero attached hydrogens (tertiary/aromatic N) is 3. The minimum absolute atomic E-state index is 0.505. The molecular weight excluding hydrogens is 250 g/mol. The van der Waals surface area contributed by atoms with Crippen LogP contribution in [0, 0.1) is 0 Å². The Morgan fingerprint density at radius 2 is 2.10 bits per heavy atom. The Morgan fingerprint density at radius 3 is 3.05 bits per heavy atom. The number of hydrogen-bond acceptors (Lipinski definition) is 4. The highest BCUT2D eigenvalue weighted by molar-refractivity contribution is 5.73. The molecule has 3 N–H and O–H groups in total. The van der Waals surface area contributed by atoms with Crippen molar-refractivity contribution < 1.29 is 0 Å². The molecule has 0 aliphatic carbocycles. The van der Waals surface area contributed by atoms with Crippen molar-refractivity contribution >= 4 is 11.3 Å². The summed E-state index contributed by atoms with van der Waals surface area (Å²) in [7, 11) is 0. The van der Waals surface area contributed by atoms with E-state index in [2.05, 4.69) is 33.6 Å². The van der Waals surface area contributed by atoms with E-state index in [1.54, 1.807) is 0 Å². The maximum Gasteiger partial charge on any atom is 0.151 e. The second-order valence-corrected chi connectivity index (χ2v) is 5.07. The Bertz CT molecular complexity index is 790. The zero-order chi connectivity index (χ0) is 13.5. The first-order valence-corrected chi connectivity index (χ1v) is 6.74. The fourth-order valence-corrected chi connectivity index (χ4v) is 2.81. The summed E-state index contributed by atoms with van der Waals surface area (Å²) < 4.78 is 1.85. The maximum absolute atomic E-state index is 5.88. The summed E-state index contributed by atoms with van der Waals surface area (Å²) in [6, 6.07) is 10.6. The molecule has 100 valence electrons. The fourth-order valence-electron chi connectivity index (χ4n) is 2.81. The molecule has 0 radical (unpaired) electrons. The van der Waals surface area contributed by atoms with Gasteiger partial charge in [0.25, 0.3) is 0 Å². The van der Waals surface area contributed by atoms with Crippen molar-refractivity contribution in [1.82, 2.24) is 19.9 Å². The molecule has 5 nitrogen and oxygen atoms in total. The van der Waals surface area contributed by atoms with Crippen molar-refractivity contribution in [2.24, 2.45) is 0 Å². The molecule has 1 aromatic carbocycles. The zero-order valence-corrected chi connectivity index (χ0v) is 11.0. The Balaban J connectivity index is 1.89. The normalized spacial score (nSPS) is 14.4. The number of hydrogen-bond donors (Lipinski definition) is 2. The number of nitrogens with one attached hydrogen (secondary N) is 1. The van der Waals surface area contributed by atoms with Gasteiger partial charge in [0.2, 0.25) is 0 Å². The average molecular weight is 265 g/mol. The van der Waals surface area contributed by atoms with Gasteiger partial charge in [0.1, 0.15) is 11.8 Å². The highest BCUT2D eigenvalue weighted by atomic mass is 15.2. The van der Waals surface area contributed by atoms with Crippen molar-refractivity contribution in [3.8, 4) is 11.3 Å². The van der Waals surface area contributed by atoms with Crippen molar-refractivity contribution in [3.05, 3.63) is 47.8 Å². The fraction of sp³-hybridized carbons (Fsp3) is 0.200. The number of benzene rings is 1. The van der Waals surface area contributed by atoms with Crippen LogP contribution in [0.4, 0.5) is 5.82 Å². The van der Waals surface area contributed by atoms with E-state index in [0.717, 1.165) is 36.3 Å². The van der Waals surface area contributed by atoms with Crippen molar-refractivity contribution in [2.75, 3.05) is 12.3 Å². The van der Waals surface area contributed by atoms with E-state index in [4.69, 9.17) is 5.73 Å². The lowest BCUT2D eigenvalue weighted by atomic mass is 9.97. The smallest absolute Gasteiger partial charge is 0.151 e. The van der Waals surface area contributed by atoms with E-state index in [0.29, 0.717) is 5.82 Å². The summed E-state index contributed by atoms with van der Waals surface area (Å²) in [4.78, 5) is 4.02. The van der Waals surface area contributed by atoms with Gasteiger partial charge in [-0.15, -0.1) is 0 Å². The highest BCUT2D eigenvalue weighted by Crippen LogP contribution is 2.26. The van der Waals surface area contributed by atoms with Crippen molar-refractivity contribution in [1.29, 1.82) is 0 Å². The van der Waals surface area contributed by atoms with E-state index in [-0.39, 0.29) is 0 Å². The van der Waals surface area contributed by atoms with Crippen molar-refractivity contribution in [3.63, 3.8) is 0 Å². The van der Waals surface area contributed by atoms with Gasteiger partial charge < -0.3 is 11.1 Å². The molecule has 3 aromatic rings. The number of nitrogen functional groups attached to an aromatic ring is 1. The van der Waals surface area contributed by atoms with Crippen LogP contribution in [0.3, 0.4) is 0 Å². The molecule has 3 heterocycles. The van der Waals surface area contributed by atoms with Gasteiger partial charge >= 0.3 is 0 Å². The molecule has 0 saturated heterocycles. The summed E-state index contributed by atoms with van der Waals surface area (Å²) >= 11 is 0. The number of fused-ring (bicyclic) bond motifs is 2. The topological polar surface area (TPSA) is 68.2 Å². The number of aromatic nitrogens is 3. The molecule has 0 amide bonds. The number of nitrogens with two attached hydrogens (primary N) is 1. The zero-order valence-electron chi connectivity index (χ0n) is 11.0. The molecule has 1 aliphatic heterocycles. The predicted octanol–water partition coefficient (Wildman–Crippen LogP) is 1.62. The van der Waals surface area contributed by atoms with Gasteiger partial charge in [-0.1, -0.05) is 12.1 Å². The van der Waals surface area contributed by atoms with Crippen LogP contribution in [0.15, 0.2) is 36.7 Å². The van der Waals surface area contributed by atoms with E-state index in [1.807, 2.05) is 16.6 Å². The monoisotopic (exact) mass is 265 g/mol. The summed E-state index contributed by atoms with van der Waals surface area (Å²) in [6.45, 7) is 1.99. The molecule has 4 rings (SSSR count). The minimum Gasteiger partial charge on any atom is -0.382 e. The quantitative estimate of drug-likeness (QED) is 0.701. The summed E-state index contributed by atoms with van der Waals surface area (Å²) in [6.07, 6.45) is 2.59. The number of anilines is 1. The molecule has 20 heavy (non-hydrogen) atoms. The summed E-state index contributed by atoms with van der Waals surface area (Å²) in [5.74, 6) is 0.505. The lowest BCUT2D eigenvalue weighted by molar-refractivity contribution is 0.644. The number of rotatable bonds is 1. The van der Waals surface area contributed by atoms with Gasteiger partial charge in [-0.25, -0.2) is 9.50 Å². The van der Waals surface area contributed by atoms with Crippen LogP contribution in [-0.2, 0) is 13.0 Å². The maximum atomic E-state index is 5.88. The first-order valence-electron chi connectivity index (χ1n) is 6.74. The van der Waals surface area contributed by atoms with E-state index >= 15 is 0 Å². The van der Waals surface area contributed by atoms with E-state index in [1.165, 1.54) is 17.5 Å². The van der Waals surface area contributed by atoms with Crippen LogP contribution in [0.5, 0.6) is 0 Å². The molecule has 0 atom stereocenters. The minimum atomic E-state index is 0.505. The Hall–Kier alpha value is -2.40. The van der Waals surface area contributed by atoms with Crippen LogP contribution in [-0.4, -0.2) is 21.1 Å². The van der Waals surface area contributed by atoms with Crippen LogP contribution >= 0.6 is 0 Å².